The van der Waals surface area contributed by atoms with Gasteiger partial charge in [-0.1, -0.05) is 6.07 Å². The second-order valence-corrected chi connectivity index (χ2v) is 7.23. The molecule has 0 unspecified atom stereocenters. The predicted octanol–water partition coefficient (Wildman–Crippen LogP) is 4.07. The fraction of sp³-hybridized carbons (Fsp3) is 0.318. The summed E-state index contributed by atoms with van der Waals surface area (Å²) in [7, 11) is 0. The molecule has 156 valence electrons. The van der Waals surface area contributed by atoms with Crippen molar-refractivity contribution in [3.05, 3.63) is 59.2 Å². The third kappa shape index (κ3) is 6.51. The van der Waals surface area contributed by atoms with Crippen LogP contribution in [0.15, 0.2) is 36.4 Å². The number of hydrogen-bond donors (Lipinski definition) is 3. The number of carbonyl (C=O) groups is 1. The molecule has 3 rings (SSSR count). The van der Waals surface area contributed by atoms with Crippen molar-refractivity contribution in [3.8, 4) is 0 Å². The van der Waals surface area contributed by atoms with Crippen LogP contribution in [0.2, 0.25) is 0 Å². The second-order valence-electron chi connectivity index (χ2n) is 7.23. The van der Waals surface area contributed by atoms with E-state index < -0.39 is 0 Å². The fourth-order valence-electron chi connectivity index (χ4n) is 3.06. The summed E-state index contributed by atoms with van der Waals surface area (Å²) in [4.78, 5) is 29.7. The molecule has 0 radical (unpaired) electrons. The molecule has 2 aromatic heterocycles. The van der Waals surface area contributed by atoms with Crippen molar-refractivity contribution < 1.29 is 4.79 Å². The van der Waals surface area contributed by atoms with E-state index in [4.69, 9.17) is 0 Å². The average molecular weight is 406 g/mol. The highest BCUT2D eigenvalue weighted by Gasteiger charge is 2.06. The Kier molecular flexibility index (Phi) is 6.90. The fourth-order valence-corrected chi connectivity index (χ4v) is 3.06. The predicted molar refractivity (Wildman–Crippen MR) is 119 cm³/mol. The van der Waals surface area contributed by atoms with E-state index in [9.17, 15) is 4.79 Å². The summed E-state index contributed by atoms with van der Waals surface area (Å²) < 4.78 is 0. The van der Waals surface area contributed by atoms with Crippen molar-refractivity contribution in [2.45, 2.75) is 40.5 Å². The molecule has 1 amide bonds. The van der Waals surface area contributed by atoms with Gasteiger partial charge in [-0.15, -0.1) is 0 Å². The highest BCUT2D eigenvalue weighted by Crippen LogP contribution is 2.19. The first-order valence-electron chi connectivity index (χ1n) is 9.93. The summed E-state index contributed by atoms with van der Waals surface area (Å²) in [5.74, 6) is 1.09. The van der Waals surface area contributed by atoms with Crippen LogP contribution in [0.4, 0.5) is 23.3 Å². The number of aryl methyl sites for hydroxylation is 4. The van der Waals surface area contributed by atoms with Gasteiger partial charge < -0.3 is 16.0 Å². The summed E-state index contributed by atoms with van der Waals surface area (Å²) in [5, 5.41) is 9.28. The molecule has 1 aromatic carbocycles. The van der Waals surface area contributed by atoms with Gasteiger partial charge in [0.15, 0.2) is 0 Å². The van der Waals surface area contributed by atoms with Crippen LogP contribution in [0.3, 0.4) is 0 Å². The van der Waals surface area contributed by atoms with Gasteiger partial charge in [0.1, 0.15) is 0 Å². The van der Waals surface area contributed by atoms with Crippen molar-refractivity contribution in [1.82, 2.24) is 19.9 Å². The summed E-state index contributed by atoms with van der Waals surface area (Å²) >= 11 is 0. The maximum atomic E-state index is 12.3. The minimum atomic E-state index is -0.0436. The Morgan fingerprint density at radius 3 is 2.00 bits per heavy atom. The van der Waals surface area contributed by atoms with Crippen molar-refractivity contribution in [2.24, 2.45) is 0 Å². The molecular formula is C22H27N7O. The van der Waals surface area contributed by atoms with Gasteiger partial charge in [0.05, 0.1) is 0 Å². The van der Waals surface area contributed by atoms with Gasteiger partial charge in [-0.05, 0) is 64.4 Å². The van der Waals surface area contributed by atoms with Gasteiger partial charge in [-0.3, -0.25) is 4.79 Å². The first kappa shape index (κ1) is 21.2. The molecule has 0 saturated heterocycles. The quantitative estimate of drug-likeness (QED) is 0.485. The normalized spacial score (nSPS) is 10.5. The molecule has 3 N–H and O–H groups in total. The monoisotopic (exact) mass is 405 g/mol. The number of nitrogens with one attached hydrogen (secondary N) is 3. The van der Waals surface area contributed by atoms with E-state index in [-0.39, 0.29) is 5.91 Å². The van der Waals surface area contributed by atoms with Crippen LogP contribution >= 0.6 is 0 Å². The number of carbonyl (C=O) groups excluding carboxylic acids is 1. The molecule has 0 aliphatic rings. The lowest BCUT2D eigenvalue weighted by atomic mass is 10.2. The zero-order chi connectivity index (χ0) is 21.5. The van der Waals surface area contributed by atoms with Gasteiger partial charge in [0, 0.05) is 47.1 Å². The molecule has 0 saturated carbocycles. The first-order valence-corrected chi connectivity index (χ1v) is 9.93. The molecule has 0 atom stereocenters. The summed E-state index contributed by atoms with van der Waals surface area (Å²) in [6.45, 7) is 8.35. The SMILES string of the molecule is Cc1cc(C)nc(NCCCC(=O)Nc2cccc(Nc3nc(C)cc(C)n3)c2)n1. The number of aromatic nitrogens is 4. The van der Waals surface area contributed by atoms with Gasteiger partial charge >= 0.3 is 0 Å². The summed E-state index contributed by atoms with van der Waals surface area (Å²) in [6.07, 6.45) is 1.08. The zero-order valence-electron chi connectivity index (χ0n) is 17.8. The maximum absolute atomic E-state index is 12.3. The molecule has 2 heterocycles. The van der Waals surface area contributed by atoms with E-state index in [1.165, 1.54) is 0 Å². The molecular weight excluding hydrogens is 378 g/mol. The molecule has 8 nitrogen and oxygen atoms in total. The van der Waals surface area contributed by atoms with Crippen LogP contribution in [0.1, 0.15) is 35.6 Å². The van der Waals surface area contributed by atoms with Crippen LogP contribution < -0.4 is 16.0 Å². The van der Waals surface area contributed by atoms with Crippen LogP contribution in [0.25, 0.3) is 0 Å². The first-order chi connectivity index (χ1) is 14.4. The second kappa shape index (κ2) is 9.78. The van der Waals surface area contributed by atoms with Crippen LogP contribution in [-0.4, -0.2) is 32.4 Å². The van der Waals surface area contributed by atoms with Crippen LogP contribution in [-0.2, 0) is 4.79 Å². The molecule has 0 bridgehead atoms. The Hall–Kier alpha value is -3.55. The molecule has 8 heteroatoms. The van der Waals surface area contributed by atoms with Crippen LogP contribution in [0, 0.1) is 27.7 Å². The summed E-state index contributed by atoms with van der Waals surface area (Å²) in [5.41, 5.74) is 5.17. The van der Waals surface area contributed by atoms with E-state index in [2.05, 4.69) is 35.9 Å². The Morgan fingerprint density at radius 1 is 0.800 bits per heavy atom. The molecule has 0 spiro atoms. The van der Waals surface area contributed by atoms with Gasteiger partial charge in [0.2, 0.25) is 17.8 Å². The van der Waals surface area contributed by atoms with Gasteiger partial charge in [-0.2, -0.15) is 0 Å². The molecule has 3 aromatic rings. The van der Waals surface area contributed by atoms with E-state index in [0.29, 0.717) is 31.3 Å². The zero-order valence-corrected chi connectivity index (χ0v) is 17.8. The van der Waals surface area contributed by atoms with E-state index in [1.54, 1.807) is 0 Å². The molecule has 0 aliphatic heterocycles. The minimum absolute atomic E-state index is 0.0436. The highest BCUT2D eigenvalue weighted by atomic mass is 16.1. The van der Waals surface area contributed by atoms with Crippen molar-refractivity contribution in [2.75, 3.05) is 22.5 Å². The number of anilines is 4. The largest absolute Gasteiger partial charge is 0.354 e. The van der Waals surface area contributed by atoms with Crippen molar-refractivity contribution in [3.63, 3.8) is 0 Å². The van der Waals surface area contributed by atoms with Gasteiger partial charge in [-0.25, -0.2) is 19.9 Å². The molecule has 0 aliphatic carbocycles. The number of nitrogens with zero attached hydrogens (tertiary/aromatic N) is 4. The maximum Gasteiger partial charge on any atom is 0.227 e. The Bertz CT molecular complexity index is 995. The summed E-state index contributed by atoms with van der Waals surface area (Å²) in [6, 6.07) is 11.3. The van der Waals surface area contributed by atoms with E-state index in [0.717, 1.165) is 34.2 Å². The Labute approximate surface area is 176 Å². The minimum Gasteiger partial charge on any atom is -0.354 e. The average Bonchev–Trinajstić information content (AvgIpc) is 2.64. The third-order valence-corrected chi connectivity index (χ3v) is 4.23. The number of hydrogen-bond acceptors (Lipinski definition) is 7. The highest BCUT2D eigenvalue weighted by molar-refractivity contribution is 5.91. The van der Waals surface area contributed by atoms with Gasteiger partial charge in [0.25, 0.3) is 0 Å². The lowest BCUT2D eigenvalue weighted by Gasteiger charge is -2.10. The standard InChI is InChI=1S/C22H27N7O/c1-14-11-15(2)25-21(24-14)23-10-6-9-20(30)28-18-7-5-8-19(13-18)29-22-26-16(3)12-17(4)27-22/h5,7-8,11-13H,6,9-10H2,1-4H3,(H,28,30)(H,23,24,25)(H,26,27,29). The number of rotatable bonds is 8. The Morgan fingerprint density at radius 2 is 1.37 bits per heavy atom. The van der Waals surface area contributed by atoms with Crippen molar-refractivity contribution >= 4 is 29.2 Å². The third-order valence-electron chi connectivity index (χ3n) is 4.23. The van der Waals surface area contributed by atoms with Crippen LogP contribution in [0.5, 0.6) is 0 Å². The lowest BCUT2D eigenvalue weighted by Crippen LogP contribution is -2.14. The number of amides is 1. The molecule has 30 heavy (non-hydrogen) atoms. The Balaban J connectivity index is 1.48. The van der Waals surface area contributed by atoms with E-state index in [1.807, 2.05) is 64.1 Å². The van der Waals surface area contributed by atoms with Crippen molar-refractivity contribution in [1.29, 1.82) is 0 Å². The smallest absolute Gasteiger partial charge is 0.227 e. The topological polar surface area (TPSA) is 105 Å². The molecule has 0 fully saturated rings. The lowest BCUT2D eigenvalue weighted by molar-refractivity contribution is -0.116. The number of benzene rings is 1. The van der Waals surface area contributed by atoms with E-state index >= 15 is 0 Å².